The van der Waals surface area contributed by atoms with Gasteiger partial charge in [-0.3, -0.25) is 9.67 Å². The summed E-state index contributed by atoms with van der Waals surface area (Å²) in [5.41, 5.74) is 4.62. The molecule has 0 saturated heterocycles. The number of aromatic nitrogens is 4. The molecule has 5 rings (SSSR count). The van der Waals surface area contributed by atoms with Crippen LogP contribution in [0.25, 0.3) is 16.9 Å². The van der Waals surface area contributed by atoms with Crippen LogP contribution in [0, 0.1) is 5.82 Å². The SMILES string of the molecule is OC[C@H](Nc1ccc2ncn(-c3cc(C4CC4)[nH]n3)c2c1)c1ccc(F)cc1. The van der Waals surface area contributed by atoms with Crippen molar-refractivity contribution in [3.63, 3.8) is 0 Å². The van der Waals surface area contributed by atoms with Crippen molar-refractivity contribution in [2.75, 3.05) is 11.9 Å². The molecule has 2 heterocycles. The first-order valence-electron chi connectivity index (χ1n) is 9.37. The Labute approximate surface area is 161 Å². The highest BCUT2D eigenvalue weighted by molar-refractivity contribution is 5.81. The normalized spacial score (nSPS) is 15.1. The van der Waals surface area contributed by atoms with E-state index < -0.39 is 0 Å². The number of aromatic amines is 1. The van der Waals surface area contributed by atoms with Gasteiger partial charge >= 0.3 is 0 Å². The molecule has 1 saturated carbocycles. The van der Waals surface area contributed by atoms with Crippen LogP contribution in [0.4, 0.5) is 10.1 Å². The molecule has 0 spiro atoms. The highest BCUT2D eigenvalue weighted by Gasteiger charge is 2.26. The minimum atomic E-state index is -0.332. The Morgan fingerprint density at radius 2 is 2.00 bits per heavy atom. The van der Waals surface area contributed by atoms with E-state index in [2.05, 4.69) is 26.6 Å². The lowest BCUT2D eigenvalue weighted by Crippen LogP contribution is -2.14. The van der Waals surface area contributed by atoms with E-state index in [9.17, 15) is 9.50 Å². The lowest BCUT2D eigenvalue weighted by molar-refractivity contribution is 0.276. The average molecular weight is 377 g/mol. The maximum atomic E-state index is 13.2. The van der Waals surface area contributed by atoms with Gasteiger partial charge in [-0.05, 0) is 48.7 Å². The Morgan fingerprint density at radius 3 is 2.75 bits per heavy atom. The van der Waals surface area contributed by atoms with E-state index in [1.165, 1.54) is 30.7 Å². The number of fused-ring (bicyclic) bond motifs is 1. The molecule has 0 bridgehead atoms. The van der Waals surface area contributed by atoms with Crippen molar-refractivity contribution in [3.05, 3.63) is 71.9 Å². The van der Waals surface area contributed by atoms with Crippen LogP contribution >= 0.6 is 0 Å². The van der Waals surface area contributed by atoms with Crippen molar-refractivity contribution in [1.82, 2.24) is 19.7 Å². The summed E-state index contributed by atoms with van der Waals surface area (Å²) in [5.74, 6) is 1.13. The number of halogens is 1. The summed E-state index contributed by atoms with van der Waals surface area (Å²) >= 11 is 0. The fraction of sp³-hybridized carbons (Fsp3) is 0.238. The van der Waals surface area contributed by atoms with E-state index in [0.29, 0.717) is 5.92 Å². The number of hydrogen-bond acceptors (Lipinski definition) is 4. The first kappa shape index (κ1) is 16.9. The third-order valence-electron chi connectivity index (χ3n) is 5.19. The molecule has 28 heavy (non-hydrogen) atoms. The second-order valence-corrected chi connectivity index (χ2v) is 7.20. The molecule has 1 aliphatic rings. The molecule has 3 N–H and O–H groups in total. The second kappa shape index (κ2) is 6.76. The molecule has 0 unspecified atom stereocenters. The lowest BCUT2D eigenvalue weighted by atomic mass is 10.1. The Kier molecular flexibility index (Phi) is 4.09. The maximum absolute atomic E-state index is 13.2. The zero-order valence-electron chi connectivity index (χ0n) is 15.1. The molecule has 6 nitrogen and oxygen atoms in total. The van der Waals surface area contributed by atoms with Crippen molar-refractivity contribution >= 4 is 16.7 Å². The van der Waals surface area contributed by atoms with Gasteiger partial charge in [-0.1, -0.05) is 12.1 Å². The van der Waals surface area contributed by atoms with Crippen LogP contribution in [0.3, 0.4) is 0 Å². The van der Waals surface area contributed by atoms with E-state index >= 15 is 0 Å². The minimum Gasteiger partial charge on any atom is -0.394 e. The zero-order valence-corrected chi connectivity index (χ0v) is 15.1. The summed E-state index contributed by atoms with van der Waals surface area (Å²) in [4.78, 5) is 4.46. The van der Waals surface area contributed by atoms with Crippen molar-refractivity contribution in [3.8, 4) is 5.82 Å². The van der Waals surface area contributed by atoms with Crippen LogP contribution in [0.5, 0.6) is 0 Å². The summed E-state index contributed by atoms with van der Waals surface area (Å²) < 4.78 is 15.1. The van der Waals surface area contributed by atoms with Gasteiger partial charge in [-0.25, -0.2) is 9.37 Å². The topological polar surface area (TPSA) is 78.8 Å². The monoisotopic (exact) mass is 377 g/mol. The van der Waals surface area contributed by atoms with Gasteiger partial charge in [-0.15, -0.1) is 0 Å². The number of hydrogen-bond donors (Lipinski definition) is 3. The summed E-state index contributed by atoms with van der Waals surface area (Å²) in [6.45, 7) is -0.104. The molecule has 0 aliphatic heterocycles. The standard InChI is InChI=1S/C21H20FN5O/c22-15-5-3-14(4-6-15)19(11-28)24-16-7-8-17-20(9-16)27(12-23-17)21-10-18(25-26-21)13-1-2-13/h3-10,12-13,19,24,28H,1-2,11H2,(H,25,26)/t19-/m0/s1. The third-order valence-corrected chi connectivity index (χ3v) is 5.19. The number of aliphatic hydroxyl groups is 1. The van der Waals surface area contributed by atoms with Crippen LogP contribution in [0.15, 0.2) is 54.9 Å². The van der Waals surface area contributed by atoms with Gasteiger partial charge < -0.3 is 10.4 Å². The van der Waals surface area contributed by atoms with E-state index in [1.54, 1.807) is 18.5 Å². The highest BCUT2D eigenvalue weighted by Crippen LogP contribution is 2.39. The van der Waals surface area contributed by atoms with Gasteiger partial charge in [0.1, 0.15) is 12.1 Å². The van der Waals surface area contributed by atoms with Crippen molar-refractivity contribution in [2.24, 2.45) is 0 Å². The molecule has 0 amide bonds. The fourth-order valence-corrected chi connectivity index (χ4v) is 3.46. The van der Waals surface area contributed by atoms with Crippen molar-refractivity contribution in [1.29, 1.82) is 0 Å². The first-order chi connectivity index (χ1) is 13.7. The van der Waals surface area contributed by atoms with E-state index in [0.717, 1.165) is 28.1 Å². The molecule has 7 heteroatoms. The molecule has 4 aromatic rings. The van der Waals surface area contributed by atoms with Crippen LogP contribution < -0.4 is 5.32 Å². The Balaban J connectivity index is 1.45. The summed E-state index contributed by atoms with van der Waals surface area (Å²) in [6, 6.07) is 13.7. The van der Waals surface area contributed by atoms with E-state index in [-0.39, 0.29) is 18.5 Å². The summed E-state index contributed by atoms with van der Waals surface area (Å²) in [6.07, 6.45) is 4.20. The number of anilines is 1. The molecule has 142 valence electrons. The molecule has 2 aromatic carbocycles. The number of imidazole rings is 1. The number of nitrogens with one attached hydrogen (secondary N) is 2. The zero-order chi connectivity index (χ0) is 19.1. The maximum Gasteiger partial charge on any atom is 0.160 e. The summed E-state index contributed by atoms with van der Waals surface area (Å²) in [5, 5.41) is 20.7. The average Bonchev–Trinajstić information content (AvgIpc) is 3.30. The van der Waals surface area contributed by atoms with Gasteiger partial charge in [0.25, 0.3) is 0 Å². The number of nitrogens with zero attached hydrogens (tertiary/aromatic N) is 3. The molecule has 2 aromatic heterocycles. The molecule has 0 radical (unpaired) electrons. The van der Waals surface area contributed by atoms with Gasteiger partial charge in [0, 0.05) is 23.4 Å². The molecular weight excluding hydrogens is 357 g/mol. The number of rotatable bonds is 6. The first-order valence-corrected chi connectivity index (χ1v) is 9.37. The van der Waals surface area contributed by atoms with Crippen LogP contribution in [0.2, 0.25) is 0 Å². The molecule has 1 fully saturated rings. The summed E-state index contributed by atoms with van der Waals surface area (Å²) in [7, 11) is 0. The van der Waals surface area contributed by atoms with Gasteiger partial charge in [-0.2, -0.15) is 5.10 Å². The highest BCUT2D eigenvalue weighted by atomic mass is 19.1. The van der Waals surface area contributed by atoms with Gasteiger partial charge in [0.15, 0.2) is 5.82 Å². The number of benzene rings is 2. The predicted molar refractivity (Wildman–Crippen MR) is 105 cm³/mol. The largest absolute Gasteiger partial charge is 0.394 e. The van der Waals surface area contributed by atoms with Gasteiger partial charge in [0.2, 0.25) is 0 Å². The molecule has 1 atom stereocenters. The number of aliphatic hydroxyl groups excluding tert-OH is 1. The van der Waals surface area contributed by atoms with Crippen LogP contribution in [-0.4, -0.2) is 31.5 Å². The third kappa shape index (κ3) is 3.14. The molecule has 1 aliphatic carbocycles. The van der Waals surface area contributed by atoms with Crippen LogP contribution in [0.1, 0.15) is 36.1 Å². The van der Waals surface area contributed by atoms with E-state index in [1.807, 2.05) is 22.8 Å². The smallest absolute Gasteiger partial charge is 0.160 e. The fourth-order valence-electron chi connectivity index (χ4n) is 3.46. The Hall–Kier alpha value is -3.19. The van der Waals surface area contributed by atoms with Crippen molar-refractivity contribution in [2.45, 2.75) is 24.8 Å². The quantitative estimate of drug-likeness (QED) is 0.476. The van der Waals surface area contributed by atoms with Crippen LogP contribution in [-0.2, 0) is 0 Å². The Morgan fingerprint density at radius 1 is 1.18 bits per heavy atom. The molecular formula is C21H20FN5O. The van der Waals surface area contributed by atoms with Gasteiger partial charge in [0.05, 0.1) is 23.7 Å². The van der Waals surface area contributed by atoms with E-state index in [4.69, 9.17) is 0 Å². The Bertz CT molecular complexity index is 1110. The second-order valence-electron chi connectivity index (χ2n) is 7.20. The lowest BCUT2D eigenvalue weighted by Gasteiger charge is -2.18. The number of H-pyrrole nitrogens is 1. The minimum absolute atomic E-state index is 0.104. The van der Waals surface area contributed by atoms with Crippen molar-refractivity contribution < 1.29 is 9.50 Å². The predicted octanol–water partition coefficient (Wildman–Crippen LogP) is 3.91.